The van der Waals surface area contributed by atoms with Crippen LogP contribution in [0.25, 0.3) is 0 Å². The molecular formula is C11H17FN2O3. The summed E-state index contributed by atoms with van der Waals surface area (Å²) in [5.74, 6) is -0.447. The van der Waals surface area contributed by atoms with Crippen LogP contribution < -0.4 is 0 Å². The van der Waals surface area contributed by atoms with Crippen molar-refractivity contribution in [3.8, 4) is 0 Å². The van der Waals surface area contributed by atoms with Crippen LogP contribution in [0.1, 0.15) is 12.8 Å². The zero-order valence-electron chi connectivity index (χ0n) is 9.50. The van der Waals surface area contributed by atoms with Crippen LogP contribution in [0.15, 0.2) is 4.99 Å². The van der Waals surface area contributed by atoms with Crippen molar-refractivity contribution in [2.45, 2.75) is 37.3 Å². The Kier molecular flexibility index (Phi) is 2.71. The summed E-state index contributed by atoms with van der Waals surface area (Å²) >= 11 is 0. The monoisotopic (exact) mass is 244 g/mol. The summed E-state index contributed by atoms with van der Waals surface area (Å²) in [4.78, 5) is 6.21. The molecule has 2 fully saturated rings. The second-order valence-electron chi connectivity index (χ2n) is 5.01. The average Bonchev–Trinajstić information content (AvgIpc) is 2.64. The number of aliphatic hydroxyl groups excluding tert-OH is 2. The fourth-order valence-electron chi connectivity index (χ4n) is 2.66. The molecule has 3 rings (SSSR count). The molecule has 6 heteroatoms. The summed E-state index contributed by atoms with van der Waals surface area (Å²) in [6.45, 7) is 1.59. The van der Waals surface area contributed by atoms with Crippen molar-refractivity contribution in [3.05, 3.63) is 0 Å². The predicted octanol–water partition coefficient (Wildman–Crippen LogP) is -0.473. The third-order valence-corrected chi connectivity index (χ3v) is 3.93. The summed E-state index contributed by atoms with van der Waals surface area (Å²) in [5, 5.41) is 18.8. The zero-order valence-corrected chi connectivity index (χ0v) is 9.50. The number of aliphatic hydroxyl groups is 2. The molecule has 5 nitrogen and oxygen atoms in total. The van der Waals surface area contributed by atoms with E-state index in [1.165, 1.54) is 0 Å². The molecule has 0 bridgehead atoms. The third kappa shape index (κ3) is 1.70. The average molecular weight is 244 g/mol. The molecule has 5 unspecified atom stereocenters. The number of aliphatic imine (C=N–C) groups is 1. The molecule has 2 aliphatic heterocycles. The molecule has 5 atom stereocenters. The van der Waals surface area contributed by atoms with Gasteiger partial charge in [-0.1, -0.05) is 0 Å². The van der Waals surface area contributed by atoms with Gasteiger partial charge in [-0.25, -0.2) is 9.38 Å². The molecule has 0 spiro atoms. The second kappa shape index (κ2) is 4.10. The van der Waals surface area contributed by atoms with E-state index in [-0.39, 0.29) is 12.7 Å². The van der Waals surface area contributed by atoms with E-state index in [2.05, 4.69) is 4.99 Å². The van der Waals surface area contributed by atoms with E-state index in [4.69, 9.17) is 9.84 Å². The molecule has 0 amide bonds. The van der Waals surface area contributed by atoms with Crippen LogP contribution in [0.5, 0.6) is 0 Å². The van der Waals surface area contributed by atoms with Crippen molar-refractivity contribution >= 4 is 6.02 Å². The number of amidine groups is 1. The summed E-state index contributed by atoms with van der Waals surface area (Å²) in [6.07, 6.45) is -1.34. The number of ether oxygens (including phenoxy) is 1. The van der Waals surface area contributed by atoms with Gasteiger partial charge in [-0.15, -0.1) is 0 Å². The third-order valence-electron chi connectivity index (χ3n) is 3.93. The highest BCUT2D eigenvalue weighted by Gasteiger charge is 2.49. The lowest BCUT2D eigenvalue weighted by Gasteiger charge is -2.36. The first kappa shape index (κ1) is 11.2. The summed E-state index contributed by atoms with van der Waals surface area (Å²) in [7, 11) is 0. The molecule has 1 saturated heterocycles. The van der Waals surface area contributed by atoms with Gasteiger partial charge in [-0.05, 0) is 12.8 Å². The number of likely N-dealkylation sites (tertiary alicyclic amines) is 1. The Hall–Kier alpha value is -0.880. The first-order valence-corrected chi connectivity index (χ1v) is 6.13. The highest BCUT2D eigenvalue weighted by atomic mass is 19.1. The predicted molar refractivity (Wildman–Crippen MR) is 58.4 cm³/mol. The quantitative estimate of drug-likeness (QED) is 0.654. The molecule has 0 aromatic rings. The maximum atomic E-state index is 14.0. The minimum Gasteiger partial charge on any atom is -0.459 e. The number of halogens is 1. The van der Waals surface area contributed by atoms with Gasteiger partial charge in [0.1, 0.15) is 12.1 Å². The van der Waals surface area contributed by atoms with E-state index < -0.39 is 24.2 Å². The van der Waals surface area contributed by atoms with E-state index in [1.807, 2.05) is 4.90 Å². The molecule has 2 N–H and O–H groups in total. The molecule has 0 aromatic carbocycles. The van der Waals surface area contributed by atoms with E-state index in [0.717, 1.165) is 19.5 Å². The smallest absolute Gasteiger partial charge is 0.288 e. The van der Waals surface area contributed by atoms with Crippen LogP contribution in [0.2, 0.25) is 0 Å². The van der Waals surface area contributed by atoms with Crippen molar-refractivity contribution < 1.29 is 19.3 Å². The second-order valence-corrected chi connectivity index (χ2v) is 5.01. The topological polar surface area (TPSA) is 65.3 Å². The van der Waals surface area contributed by atoms with Crippen molar-refractivity contribution in [1.82, 2.24) is 4.90 Å². The lowest BCUT2D eigenvalue weighted by Crippen LogP contribution is -2.50. The Labute approximate surface area is 98.9 Å². The van der Waals surface area contributed by atoms with Gasteiger partial charge in [-0.3, -0.25) is 0 Å². The Morgan fingerprint density at radius 3 is 2.82 bits per heavy atom. The SMILES string of the molecule is OCC1CC2OC(N3CCC3)=NC2C(F)C1O. The van der Waals surface area contributed by atoms with E-state index in [0.29, 0.717) is 12.4 Å². The fourth-order valence-corrected chi connectivity index (χ4v) is 2.66. The van der Waals surface area contributed by atoms with Gasteiger partial charge in [0.2, 0.25) is 0 Å². The van der Waals surface area contributed by atoms with Gasteiger partial charge in [0.15, 0.2) is 6.17 Å². The van der Waals surface area contributed by atoms with Gasteiger partial charge < -0.3 is 19.8 Å². The van der Waals surface area contributed by atoms with Crippen molar-refractivity contribution in [2.75, 3.05) is 19.7 Å². The van der Waals surface area contributed by atoms with Crippen molar-refractivity contribution in [1.29, 1.82) is 0 Å². The van der Waals surface area contributed by atoms with Gasteiger partial charge in [-0.2, -0.15) is 0 Å². The minimum absolute atomic E-state index is 0.215. The van der Waals surface area contributed by atoms with Gasteiger partial charge in [0.25, 0.3) is 6.02 Å². The molecular weight excluding hydrogens is 227 g/mol. The van der Waals surface area contributed by atoms with Crippen LogP contribution in [-0.2, 0) is 4.74 Å². The molecule has 2 heterocycles. The highest BCUT2D eigenvalue weighted by Crippen LogP contribution is 2.35. The number of hydrogen-bond acceptors (Lipinski definition) is 5. The molecule has 0 aromatic heterocycles. The van der Waals surface area contributed by atoms with Crippen LogP contribution >= 0.6 is 0 Å². The Morgan fingerprint density at radius 1 is 1.47 bits per heavy atom. The van der Waals surface area contributed by atoms with Crippen LogP contribution in [0, 0.1) is 5.92 Å². The summed E-state index contributed by atoms with van der Waals surface area (Å²) < 4.78 is 19.6. The maximum absolute atomic E-state index is 14.0. The maximum Gasteiger partial charge on any atom is 0.288 e. The molecule has 1 saturated carbocycles. The molecule has 3 aliphatic rings. The van der Waals surface area contributed by atoms with Crippen LogP contribution in [-0.4, -0.2) is 65.3 Å². The van der Waals surface area contributed by atoms with Crippen LogP contribution in [0.4, 0.5) is 4.39 Å². The fraction of sp³-hybridized carbons (Fsp3) is 0.909. The largest absolute Gasteiger partial charge is 0.459 e. The summed E-state index contributed by atoms with van der Waals surface area (Å²) in [5.41, 5.74) is 0. The first-order chi connectivity index (χ1) is 8.20. The standard InChI is InChI=1S/C11H17FN2O3/c12-8-9-7(4-6(5-15)10(8)16)17-11(13-9)14-2-1-3-14/h6-10,15-16H,1-5H2. The normalized spacial score (nSPS) is 44.8. The first-order valence-electron chi connectivity index (χ1n) is 6.13. The number of nitrogens with zero attached hydrogens (tertiary/aromatic N) is 2. The van der Waals surface area contributed by atoms with Crippen molar-refractivity contribution in [3.63, 3.8) is 0 Å². The Balaban J connectivity index is 1.74. The summed E-state index contributed by atoms with van der Waals surface area (Å²) in [6, 6.07) is -0.0944. The number of hydrogen-bond donors (Lipinski definition) is 2. The van der Waals surface area contributed by atoms with E-state index in [1.54, 1.807) is 0 Å². The lowest BCUT2D eigenvalue weighted by atomic mass is 9.81. The number of fused-ring (bicyclic) bond motifs is 1. The molecule has 17 heavy (non-hydrogen) atoms. The van der Waals surface area contributed by atoms with E-state index >= 15 is 0 Å². The number of rotatable bonds is 1. The Morgan fingerprint density at radius 2 is 2.24 bits per heavy atom. The molecule has 1 aliphatic carbocycles. The van der Waals surface area contributed by atoms with Gasteiger partial charge >= 0.3 is 0 Å². The van der Waals surface area contributed by atoms with E-state index in [9.17, 15) is 9.50 Å². The minimum atomic E-state index is -1.44. The Bertz CT molecular complexity index is 335. The molecule has 0 radical (unpaired) electrons. The van der Waals surface area contributed by atoms with Crippen LogP contribution in [0.3, 0.4) is 0 Å². The van der Waals surface area contributed by atoms with Crippen molar-refractivity contribution in [2.24, 2.45) is 10.9 Å². The van der Waals surface area contributed by atoms with Gasteiger partial charge in [0.05, 0.1) is 6.10 Å². The molecule has 96 valence electrons. The lowest BCUT2D eigenvalue weighted by molar-refractivity contribution is -0.0647. The zero-order chi connectivity index (χ0) is 12.0. The van der Waals surface area contributed by atoms with Gasteiger partial charge in [0, 0.05) is 25.6 Å². The number of alkyl halides is 1. The highest BCUT2D eigenvalue weighted by molar-refractivity contribution is 5.76.